The lowest BCUT2D eigenvalue weighted by molar-refractivity contribution is -0.122. The number of carbonyl (C=O) groups is 1. The van der Waals surface area contributed by atoms with Gasteiger partial charge in [0.25, 0.3) is 0 Å². The Labute approximate surface area is 162 Å². The molecule has 3 rings (SSSR count). The van der Waals surface area contributed by atoms with Crippen LogP contribution in [0.3, 0.4) is 0 Å². The molecule has 3 atom stereocenters. The number of carbonyl (C=O) groups excluding carboxylic acids is 1. The molecule has 2 heterocycles. The van der Waals surface area contributed by atoms with Crippen molar-refractivity contribution < 1.29 is 14.6 Å². The van der Waals surface area contributed by atoms with E-state index in [1.165, 1.54) is 12.8 Å². The summed E-state index contributed by atoms with van der Waals surface area (Å²) in [6.07, 6.45) is 4.70. The SMILES string of the molecule is CC(C)Oc1ccc(C(O)CNC(=O)CC2CC3CCC(C2)N3)cc1.Cl. The number of hydrogen-bond acceptors (Lipinski definition) is 4. The van der Waals surface area contributed by atoms with Gasteiger partial charge in [0.15, 0.2) is 0 Å². The third-order valence-corrected chi connectivity index (χ3v) is 5.17. The van der Waals surface area contributed by atoms with Crippen LogP contribution in [0, 0.1) is 5.92 Å². The third-order valence-electron chi connectivity index (χ3n) is 5.17. The average Bonchev–Trinajstić information content (AvgIpc) is 2.91. The molecule has 0 radical (unpaired) electrons. The summed E-state index contributed by atoms with van der Waals surface area (Å²) in [6, 6.07) is 8.61. The van der Waals surface area contributed by atoms with Gasteiger partial charge in [-0.2, -0.15) is 0 Å². The molecule has 3 N–H and O–H groups in total. The summed E-state index contributed by atoms with van der Waals surface area (Å²) in [5, 5.41) is 16.8. The first kappa shape index (κ1) is 21.0. The Balaban J connectivity index is 0.00000243. The summed E-state index contributed by atoms with van der Waals surface area (Å²) in [4.78, 5) is 12.2. The molecule has 0 spiro atoms. The van der Waals surface area contributed by atoms with Crippen LogP contribution in [-0.2, 0) is 4.79 Å². The summed E-state index contributed by atoms with van der Waals surface area (Å²) in [5.74, 6) is 1.31. The maximum absolute atomic E-state index is 12.2. The van der Waals surface area contributed by atoms with Crippen molar-refractivity contribution in [2.45, 2.75) is 70.2 Å². The van der Waals surface area contributed by atoms with E-state index in [1.54, 1.807) is 0 Å². The molecule has 146 valence electrons. The van der Waals surface area contributed by atoms with Gasteiger partial charge in [0, 0.05) is 25.0 Å². The number of aliphatic hydroxyl groups excluding tert-OH is 1. The first-order valence-corrected chi connectivity index (χ1v) is 9.47. The van der Waals surface area contributed by atoms with E-state index in [-0.39, 0.29) is 31.0 Å². The number of piperidine rings is 1. The molecule has 1 aromatic carbocycles. The van der Waals surface area contributed by atoms with E-state index in [0.717, 1.165) is 24.2 Å². The standard InChI is InChI=1S/C20H30N2O3.ClH/c1-13(2)25-18-7-3-15(4-8-18)19(23)12-21-20(24)11-14-9-16-5-6-17(10-14)22-16;/h3-4,7-8,13-14,16-17,19,22-23H,5-6,9-12H2,1-2H3,(H,21,24);1H. The molecule has 2 saturated heterocycles. The van der Waals surface area contributed by atoms with Crippen LogP contribution in [0.15, 0.2) is 24.3 Å². The second kappa shape index (κ2) is 9.58. The van der Waals surface area contributed by atoms with Crippen LogP contribution in [0.2, 0.25) is 0 Å². The fraction of sp³-hybridized carbons (Fsp3) is 0.650. The monoisotopic (exact) mass is 382 g/mol. The zero-order valence-electron chi connectivity index (χ0n) is 15.6. The third kappa shape index (κ3) is 5.86. The minimum Gasteiger partial charge on any atom is -0.491 e. The number of fused-ring (bicyclic) bond motifs is 2. The number of benzene rings is 1. The fourth-order valence-electron chi connectivity index (χ4n) is 4.05. The molecule has 2 aliphatic heterocycles. The van der Waals surface area contributed by atoms with Crippen LogP contribution < -0.4 is 15.4 Å². The lowest BCUT2D eigenvalue weighted by Crippen LogP contribution is -2.40. The molecule has 0 aliphatic carbocycles. The lowest BCUT2D eigenvalue weighted by Gasteiger charge is -2.28. The average molecular weight is 383 g/mol. The fourth-order valence-corrected chi connectivity index (χ4v) is 4.05. The second-order valence-corrected chi connectivity index (χ2v) is 7.73. The van der Waals surface area contributed by atoms with Gasteiger partial charge >= 0.3 is 0 Å². The van der Waals surface area contributed by atoms with E-state index >= 15 is 0 Å². The van der Waals surface area contributed by atoms with E-state index in [4.69, 9.17) is 4.74 Å². The number of ether oxygens (including phenoxy) is 1. The van der Waals surface area contributed by atoms with Crippen molar-refractivity contribution >= 4 is 18.3 Å². The van der Waals surface area contributed by atoms with Crippen LogP contribution in [-0.4, -0.2) is 35.7 Å². The van der Waals surface area contributed by atoms with Crippen molar-refractivity contribution in [3.05, 3.63) is 29.8 Å². The van der Waals surface area contributed by atoms with Crippen LogP contribution in [0.1, 0.15) is 57.6 Å². The predicted octanol–water partition coefficient (Wildman–Crippen LogP) is 2.97. The summed E-state index contributed by atoms with van der Waals surface area (Å²) in [6.45, 7) is 4.21. The van der Waals surface area contributed by atoms with E-state index < -0.39 is 6.10 Å². The smallest absolute Gasteiger partial charge is 0.220 e. The van der Waals surface area contributed by atoms with Gasteiger partial charge in [-0.1, -0.05) is 12.1 Å². The first-order valence-electron chi connectivity index (χ1n) is 9.47. The summed E-state index contributed by atoms with van der Waals surface area (Å²) in [7, 11) is 0. The zero-order valence-corrected chi connectivity index (χ0v) is 16.4. The molecule has 1 aromatic rings. The molecule has 1 amide bonds. The highest BCUT2D eigenvalue weighted by atomic mass is 35.5. The minimum absolute atomic E-state index is 0. The number of rotatable bonds is 7. The van der Waals surface area contributed by atoms with Gasteiger partial charge in [0.2, 0.25) is 5.91 Å². The highest BCUT2D eigenvalue weighted by molar-refractivity contribution is 5.85. The Morgan fingerprint density at radius 1 is 1.23 bits per heavy atom. The molecule has 2 fully saturated rings. The van der Waals surface area contributed by atoms with Gasteiger partial charge in [-0.3, -0.25) is 4.79 Å². The van der Waals surface area contributed by atoms with Crippen molar-refractivity contribution in [1.29, 1.82) is 0 Å². The van der Waals surface area contributed by atoms with E-state index in [9.17, 15) is 9.90 Å². The zero-order chi connectivity index (χ0) is 17.8. The number of aliphatic hydroxyl groups is 1. The molecule has 5 nitrogen and oxygen atoms in total. The van der Waals surface area contributed by atoms with Gasteiger partial charge in [-0.15, -0.1) is 12.4 Å². The van der Waals surface area contributed by atoms with Crippen molar-refractivity contribution in [2.24, 2.45) is 5.92 Å². The topological polar surface area (TPSA) is 70.6 Å². The maximum atomic E-state index is 12.2. The van der Waals surface area contributed by atoms with E-state index in [0.29, 0.717) is 24.4 Å². The largest absolute Gasteiger partial charge is 0.491 e. The molecular weight excluding hydrogens is 352 g/mol. The summed E-state index contributed by atoms with van der Waals surface area (Å²) < 4.78 is 5.60. The van der Waals surface area contributed by atoms with Gasteiger partial charge in [-0.25, -0.2) is 0 Å². The van der Waals surface area contributed by atoms with Gasteiger partial charge < -0.3 is 20.5 Å². The van der Waals surface area contributed by atoms with Crippen LogP contribution in [0.25, 0.3) is 0 Å². The number of nitrogens with one attached hydrogen (secondary N) is 2. The predicted molar refractivity (Wildman–Crippen MR) is 105 cm³/mol. The highest BCUT2D eigenvalue weighted by Gasteiger charge is 2.34. The second-order valence-electron chi connectivity index (χ2n) is 7.73. The molecule has 0 aromatic heterocycles. The van der Waals surface area contributed by atoms with Crippen molar-refractivity contribution in [3.63, 3.8) is 0 Å². The minimum atomic E-state index is -0.693. The Kier molecular flexibility index (Phi) is 7.74. The molecule has 26 heavy (non-hydrogen) atoms. The molecule has 0 saturated carbocycles. The first-order chi connectivity index (χ1) is 12.0. The summed E-state index contributed by atoms with van der Waals surface area (Å²) in [5.41, 5.74) is 0.788. The Morgan fingerprint density at radius 3 is 2.42 bits per heavy atom. The van der Waals surface area contributed by atoms with Gasteiger partial charge in [0.1, 0.15) is 5.75 Å². The number of hydrogen-bond donors (Lipinski definition) is 3. The Bertz CT molecular complexity index is 567. The molecule has 2 aliphatic rings. The van der Waals surface area contributed by atoms with Crippen LogP contribution >= 0.6 is 12.4 Å². The van der Waals surface area contributed by atoms with Crippen molar-refractivity contribution in [1.82, 2.24) is 10.6 Å². The van der Waals surface area contributed by atoms with E-state index in [1.807, 2.05) is 38.1 Å². The van der Waals surface area contributed by atoms with Gasteiger partial charge in [0.05, 0.1) is 12.2 Å². The lowest BCUT2D eigenvalue weighted by atomic mass is 9.89. The van der Waals surface area contributed by atoms with Gasteiger partial charge in [-0.05, 0) is 63.1 Å². The molecule has 6 heteroatoms. The number of amides is 1. The molecule has 2 bridgehead atoms. The quantitative estimate of drug-likeness (QED) is 0.678. The van der Waals surface area contributed by atoms with Crippen molar-refractivity contribution in [3.8, 4) is 5.75 Å². The van der Waals surface area contributed by atoms with Crippen molar-refractivity contribution in [2.75, 3.05) is 6.54 Å². The van der Waals surface area contributed by atoms with Crippen LogP contribution in [0.4, 0.5) is 0 Å². The highest BCUT2D eigenvalue weighted by Crippen LogP contribution is 2.32. The normalized spacial score (nSPS) is 25.5. The number of halogens is 1. The Hall–Kier alpha value is -1.30. The Morgan fingerprint density at radius 2 is 1.85 bits per heavy atom. The summed E-state index contributed by atoms with van der Waals surface area (Å²) >= 11 is 0. The molecule has 3 unspecified atom stereocenters. The van der Waals surface area contributed by atoms with E-state index in [2.05, 4.69) is 10.6 Å². The van der Waals surface area contributed by atoms with Crippen LogP contribution in [0.5, 0.6) is 5.75 Å². The maximum Gasteiger partial charge on any atom is 0.220 e. The molecular formula is C20H31ClN2O3.